The SMILES string of the molecule is CCCNC(c1ccc(Cl)s1)c1cnc(C(F)(F)F)s1. The number of nitrogens with one attached hydrogen (secondary N) is 1. The molecule has 0 fully saturated rings. The van der Waals surface area contributed by atoms with Gasteiger partial charge in [-0.15, -0.1) is 22.7 Å². The van der Waals surface area contributed by atoms with E-state index in [2.05, 4.69) is 10.3 Å². The van der Waals surface area contributed by atoms with Gasteiger partial charge < -0.3 is 5.32 Å². The van der Waals surface area contributed by atoms with Gasteiger partial charge in [-0.2, -0.15) is 13.2 Å². The Hall–Kier alpha value is -0.630. The highest BCUT2D eigenvalue weighted by atomic mass is 35.5. The van der Waals surface area contributed by atoms with E-state index in [9.17, 15) is 13.2 Å². The van der Waals surface area contributed by atoms with E-state index in [0.29, 0.717) is 27.1 Å². The number of thiophene rings is 1. The molecular weight excluding hydrogens is 329 g/mol. The molecule has 0 aliphatic rings. The lowest BCUT2D eigenvalue weighted by Gasteiger charge is -2.14. The van der Waals surface area contributed by atoms with Gasteiger partial charge in [0, 0.05) is 16.0 Å². The van der Waals surface area contributed by atoms with Crippen LogP contribution in [0.2, 0.25) is 4.34 Å². The summed E-state index contributed by atoms with van der Waals surface area (Å²) in [6.07, 6.45) is -2.22. The number of hydrogen-bond donors (Lipinski definition) is 1. The van der Waals surface area contributed by atoms with Crippen molar-refractivity contribution in [1.82, 2.24) is 10.3 Å². The van der Waals surface area contributed by atoms with E-state index in [4.69, 9.17) is 11.6 Å². The van der Waals surface area contributed by atoms with E-state index < -0.39 is 11.2 Å². The molecule has 2 heterocycles. The monoisotopic (exact) mass is 340 g/mol. The Morgan fingerprint density at radius 3 is 2.55 bits per heavy atom. The minimum Gasteiger partial charge on any atom is -0.305 e. The fourth-order valence-corrected chi connectivity index (χ4v) is 3.77. The van der Waals surface area contributed by atoms with Crippen LogP contribution in [0.4, 0.5) is 13.2 Å². The topological polar surface area (TPSA) is 24.9 Å². The second-order valence-corrected chi connectivity index (χ2v) is 6.90. The molecular formula is C12H12ClF3N2S2. The Bertz CT molecular complexity index is 565. The fourth-order valence-electron chi connectivity index (χ4n) is 1.66. The minimum absolute atomic E-state index is 0.291. The third-order valence-electron chi connectivity index (χ3n) is 2.53. The first-order valence-electron chi connectivity index (χ1n) is 5.93. The van der Waals surface area contributed by atoms with Crippen LogP contribution in [0, 0.1) is 0 Å². The molecule has 2 rings (SSSR count). The number of nitrogens with zero attached hydrogens (tertiary/aromatic N) is 1. The van der Waals surface area contributed by atoms with Crippen molar-refractivity contribution in [2.75, 3.05) is 6.54 Å². The highest BCUT2D eigenvalue weighted by Crippen LogP contribution is 2.38. The predicted molar refractivity (Wildman–Crippen MR) is 76.6 cm³/mol. The van der Waals surface area contributed by atoms with Gasteiger partial charge in [-0.05, 0) is 25.1 Å². The normalized spacial score (nSPS) is 13.7. The standard InChI is InChI=1S/C12H12ClF3N2S2/c1-2-5-17-10(7-3-4-9(13)19-7)8-6-18-11(20-8)12(14,15)16/h3-4,6,10,17H,2,5H2,1H3. The Morgan fingerprint density at radius 2 is 2.05 bits per heavy atom. The number of rotatable bonds is 5. The van der Waals surface area contributed by atoms with Gasteiger partial charge in [-0.25, -0.2) is 4.98 Å². The van der Waals surface area contributed by atoms with E-state index in [1.54, 1.807) is 6.07 Å². The van der Waals surface area contributed by atoms with Gasteiger partial charge in [-0.3, -0.25) is 0 Å². The molecule has 0 bridgehead atoms. The fraction of sp³-hybridized carbons (Fsp3) is 0.417. The molecule has 1 unspecified atom stereocenters. The van der Waals surface area contributed by atoms with Gasteiger partial charge in [0.1, 0.15) is 0 Å². The van der Waals surface area contributed by atoms with Crippen LogP contribution in [-0.2, 0) is 6.18 Å². The van der Waals surface area contributed by atoms with E-state index in [1.165, 1.54) is 17.5 Å². The zero-order valence-electron chi connectivity index (χ0n) is 10.5. The Kier molecular flexibility index (Phi) is 5.06. The van der Waals surface area contributed by atoms with Crippen LogP contribution in [0.5, 0.6) is 0 Å². The van der Waals surface area contributed by atoms with E-state index in [0.717, 1.165) is 11.3 Å². The number of thiazole rings is 1. The lowest BCUT2D eigenvalue weighted by atomic mass is 10.2. The maximum absolute atomic E-state index is 12.6. The van der Waals surface area contributed by atoms with Crippen molar-refractivity contribution < 1.29 is 13.2 Å². The van der Waals surface area contributed by atoms with Crippen molar-refractivity contribution in [3.63, 3.8) is 0 Å². The quantitative estimate of drug-likeness (QED) is 0.831. The van der Waals surface area contributed by atoms with Gasteiger partial charge in [0.15, 0.2) is 5.01 Å². The van der Waals surface area contributed by atoms with E-state index >= 15 is 0 Å². The van der Waals surface area contributed by atoms with Crippen molar-refractivity contribution in [3.8, 4) is 0 Å². The van der Waals surface area contributed by atoms with Crippen molar-refractivity contribution in [3.05, 3.63) is 37.4 Å². The van der Waals surface area contributed by atoms with Crippen LogP contribution >= 0.6 is 34.3 Å². The lowest BCUT2D eigenvalue weighted by Crippen LogP contribution is -2.21. The van der Waals surface area contributed by atoms with Crippen LogP contribution in [-0.4, -0.2) is 11.5 Å². The van der Waals surface area contributed by atoms with Crippen LogP contribution in [0.15, 0.2) is 18.3 Å². The van der Waals surface area contributed by atoms with Crippen LogP contribution in [0.25, 0.3) is 0 Å². The summed E-state index contributed by atoms with van der Waals surface area (Å²) in [5, 5.41) is 2.41. The molecule has 0 aliphatic carbocycles. The summed E-state index contributed by atoms with van der Waals surface area (Å²) in [5.74, 6) is 0. The smallest absolute Gasteiger partial charge is 0.305 e. The molecule has 20 heavy (non-hydrogen) atoms. The third-order valence-corrected chi connectivity index (χ3v) is 4.93. The molecule has 2 nitrogen and oxygen atoms in total. The Labute approximate surface area is 127 Å². The second-order valence-electron chi connectivity index (χ2n) is 4.09. The highest BCUT2D eigenvalue weighted by molar-refractivity contribution is 7.16. The molecule has 0 saturated heterocycles. The Balaban J connectivity index is 2.29. The van der Waals surface area contributed by atoms with Crippen molar-refractivity contribution >= 4 is 34.3 Å². The molecule has 1 N–H and O–H groups in total. The number of aromatic nitrogens is 1. The molecule has 2 aromatic heterocycles. The number of alkyl halides is 3. The maximum atomic E-state index is 12.6. The van der Waals surface area contributed by atoms with Crippen LogP contribution in [0.1, 0.15) is 34.1 Å². The Morgan fingerprint density at radius 1 is 1.30 bits per heavy atom. The van der Waals surface area contributed by atoms with E-state index in [-0.39, 0.29) is 6.04 Å². The molecule has 0 aromatic carbocycles. The molecule has 110 valence electrons. The van der Waals surface area contributed by atoms with Gasteiger partial charge in [0.05, 0.1) is 10.4 Å². The molecule has 8 heteroatoms. The summed E-state index contributed by atoms with van der Waals surface area (Å²) in [6.45, 7) is 2.71. The van der Waals surface area contributed by atoms with Crippen molar-refractivity contribution in [1.29, 1.82) is 0 Å². The van der Waals surface area contributed by atoms with E-state index in [1.807, 2.05) is 13.0 Å². The summed E-state index contributed by atoms with van der Waals surface area (Å²) in [4.78, 5) is 4.91. The molecule has 1 atom stereocenters. The number of halogens is 4. The average molecular weight is 341 g/mol. The van der Waals surface area contributed by atoms with Crippen molar-refractivity contribution in [2.45, 2.75) is 25.6 Å². The van der Waals surface area contributed by atoms with Crippen molar-refractivity contribution in [2.24, 2.45) is 0 Å². The average Bonchev–Trinajstić information content (AvgIpc) is 2.99. The first-order valence-corrected chi connectivity index (χ1v) is 7.94. The molecule has 0 saturated carbocycles. The minimum atomic E-state index is -4.40. The first kappa shape index (κ1) is 15.8. The first-order chi connectivity index (χ1) is 9.41. The van der Waals surface area contributed by atoms with Gasteiger partial charge in [0.25, 0.3) is 0 Å². The molecule has 0 radical (unpaired) electrons. The van der Waals surface area contributed by atoms with Gasteiger partial charge in [-0.1, -0.05) is 18.5 Å². The molecule has 0 aliphatic heterocycles. The summed E-state index contributed by atoms with van der Waals surface area (Å²) in [7, 11) is 0. The van der Waals surface area contributed by atoms with Gasteiger partial charge in [0.2, 0.25) is 0 Å². The lowest BCUT2D eigenvalue weighted by molar-refractivity contribution is -0.137. The summed E-state index contributed by atoms with van der Waals surface area (Å²) >= 11 is 7.93. The molecule has 2 aromatic rings. The van der Waals surface area contributed by atoms with Gasteiger partial charge >= 0.3 is 6.18 Å². The number of hydrogen-bond acceptors (Lipinski definition) is 4. The molecule has 0 amide bonds. The summed E-state index contributed by atoms with van der Waals surface area (Å²) in [5.41, 5.74) is 0. The second kappa shape index (κ2) is 6.43. The van der Waals surface area contributed by atoms with Crippen LogP contribution < -0.4 is 5.32 Å². The summed E-state index contributed by atoms with van der Waals surface area (Å²) < 4.78 is 38.5. The highest BCUT2D eigenvalue weighted by Gasteiger charge is 2.35. The third kappa shape index (κ3) is 3.72. The predicted octanol–water partition coefficient (Wildman–Crippen LogP) is 4.97. The van der Waals surface area contributed by atoms with Crippen LogP contribution in [0.3, 0.4) is 0 Å². The zero-order valence-corrected chi connectivity index (χ0v) is 12.9. The largest absolute Gasteiger partial charge is 0.443 e. The maximum Gasteiger partial charge on any atom is 0.443 e. The zero-order chi connectivity index (χ0) is 14.8. The summed E-state index contributed by atoms with van der Waals surface area (Å²) in [6, 6.07) is 3.28. The molecule has 0 spiro atoms.